The van der Waals surface area contributed by atoms with Crippen LogP contribution in [0.5, 0.6) is 0 Å². The van der Waals surface area contributed by atoms with Crippen LogP contribution in [0.15, 0.2) is 36.9 Å². The molecule has 1 heterocycles. The molecule has 0 N–H and O–H groups in total. The van der Waals surface area contributed by atoms with Gasteiger partial charge in [-0.25, -0.2) is 4.98 Å². The fourth-order valence-electron chi connectivity index (χ4n) is 1.87. The molecule has 0 radical (unpaired) electrons. The van der Waals surface area contributed by atoms with Crippen LogP contribution in [0.3, 0.4) is 0 Å². The van der Waals surface area contributed by atoms with Gasteiger partial charge in [-0.2, -0.15) is 0 Å². The minimum Gasteiger partial charge on any atom is -0.328 e. The summed E-state index contributed by atoms with van der Waals surface area (Å²) in [4.78, 5) is 4.61. The summed E-state index contributed by atoms with van der Waals surface area (Å²) in [6.45, 7) is 6.89. The molecule has 15 heavy (non-hydrogen) atoms. The van der Waals surface area contributed by atoms with Crippen LogP contribution in [0, 0.1) is 0 Å². The number of fused-ring (bicyclic) bond motifs is 1. The highest BCUT2D eigenvalue weighted by Crippen LogP contribution is 2.16. The monoisotopic (exact) mass is 200 g/mol. The van der Waals surface area contributed by atoms with Crippen LogP contribution in [0.2, 0.25) is 0 Å². The van der Waals surface area contributed by atoms with E-state index >= 15 is 0 Å². The zero-order valence-corrected chi connectivity index (χ0v) is 9.11. The molecule has 0 aliphatic heterocycles. The lowest BCUT2D eigenvalue weighted by atomic mass is 10.3. The van der Waals surface area contributed by atoms with E-state index in [1.807, 2.05) is 12.1 Å². The van der Waals surface area contributed by atoms with Crippen molar-refractivity contribution in [2.45, 2.75) is 26.3 Å². The van der Waals surface area contributed by atoms with E-state index in [1.54, 1.807) is 0 Å². The van der Waals surface area contributed by atoms with Crippen LogP contribution in [0.1, 0.15) is 19.2 Å². The second-order valence-electron chi connectivity index (χ2n) is 3.60. The van der Waals surface area contributed by atoms with Crippen molar-refractivity contribution < 1.29 is 0 Å². The van der Waals surface area contributed by atoms with Gasteiger partial charge in [0.2, 0.25) is 0 Å². The van der Waals surface area contributed by atoms with Gasteiger partial charge >= 0.3 is 0 Å². The number of allylic oxidation sites excluding steroid dienone is 1. The molecule has 0 saturated carbocycles. The first-order valence-electron chi connectivity index (χ1n) is 5.42. The van der Waals surface area contributed by atoms with Crippen molar-refractivity contribution in [2.24, 2.45) is 0 Å². The van der Waals surface area contributed by atoms with Crippen molar-refractivity contribution in [3.05, 3.63) is 42.7 Å². The van der Waals surface area contributed by atoms with E-state index in [0.29, 0.717) is 0 Å². The molecule has 2 aromatic rings. The standard InChI is InChI=1S/C13H16N2/c1-3-5-10-15-12-9-7-6-8-11(12)14-13(15)4-2/h3,6-9H,1,4-5,10H2,2H3. The average Bonchev–Trinajstić information content (AvgIpc) is 2.64. The number of hydrogen-bond donors (Lipinski definition) is 0. The van der Waals surface area contributed by atoms with E-state index in [2.05, 4.69) is 41.3 Å². The van der Waals surface area contributed by atoms with Crippen LogP contribution in [0.4, 0.5) is 0 Å². The molecule has 0 fully saturated rings. The highest BCUT2D eigenvalue weighted by molar-refractivity contribution is 5.75. The third-order valence-corrected chi connectivity index (χ3v) is 2.61. The maximum Gasteiger partial charge on any atom is 0.109 e. The number of aromatic nitrogens is 2. The molecule has 0 aliphatic rings. The topological polar surface area (TPSA) is 17.8 Å². The summed E-state index contributed by atoms with van der Waals surface area (Å²) in [7, 11) is 0. The van der Waals surface area contributed by atoms with Crippen LogP contribution in [-0.4, -0.2) is 9.55 Å². The quantitative estimate of drug-likeness (QED) is 0.693. The van der Waals surface area contributed by atoms with Crippen molar-refractivity contribution in [1.29, 1.82) is 0 Å². The number of aryl methyl sites for hydroxylation is 2. The van der Waals surface area contributed by atoms with Crippen molar-refractivity contribution in [3.63, 3.8) is 0 Å². The number of nitrogens with zero attached hydrogens (tertiary/aromatic N) is 2. The van der Waals surface area contributed by atoms with Gasteiger partial charge < -0.3 is 4.57 Å². The predicted molar refractivity (Wildman–Crippen MR) is 63.9 cm³/mol. The van der Waals surface area contributed by atoms with E-state index in [4.69, 9.17) is 0 Å². The minimum atomic E-state index is 0.978. The van der Waals surface area contributed by atoms with Crippen molar-refractivity contribution in [2.75, 3.05) is 0 Å². The Morgan fingerprint density at radius 1 is 1.40 bits per heavy atom. The molecular weight excluding hydrogens is 184 g/mol. The van der Waals surface area contributed by atoms with Gasteiger partial charge in [-0.3, -0.25) is 0 Å². The van der Waals surface area contributed by atoms with Gasteiger partial charge in [0, 0.05) is 13.0 Å². The second-order valence-corrected chi connectivity index (χ2v) is 3.60. The largest absolute Gasteiger partial charge is 0.328 e. The fourth-order valence-corrected chi connectivity index (χ4v) is 1.87. The number of hydrogen-bond acceptors (Lipinski definition) is 1. The fraction of sp³-hybridized carbons (Fsp3) is 0.308. The van der Waals surface area contributed by atoms with Crippen molar-refractivity contribution >= 4 is 11.0 Å². The number of imidazole rings is 1. The summed E-state index contributed by atoms with van der Waals surface area (Å²) in [6, 6.07) is 8.30. The Morgan fingerprint density at radius 2 is 2.20 bits per heavy atom. The molecule has 0 spiro atoms. The van der Waals surface area contributed by atoms with E-state index in [9.17, 15) is 0 Å². The Morgan fingerprint density at radius 3 is 2.93 bits per heavy atom. The van der Waals surface area contributed by atoms with E-state index < -0.39 is 0 Å². The summed E-state index contributed by atoms with van der Waals surface area (Å²) < 4.78 is 2.29. The van der Waals surface area contributed by atoms with Gasteiger partial charge in [-0.1, -0.05) is 25.1 Å². The van der Waals surface area contributed by atoms with E-state index in [1.165, 1.54) is 5.52 Å². The third-order valence-electron chi connectivity index (χ3n) is 2.61. The van der Waals surface area contributed by atoms with Gasteiger partial charge in [-0.15, -0.1) is 6.58 Å². The molecule has 2 heteroatoms. The van der Waals surface area contributed by atoms with Crippen molar-refractivity contribution in [1.82, 2.24) is 9.55 Å². The molecule has 78 valence electrons. The maximum atomic E-state index is 4.61. The van der Waals surface area contributed by atoms with E-state index in [0.717, 1.165) is 30.7 Å². The zero-order chi connectivity index (χ0) is 10.7. The lowest BCUT2D eigenvalue weighted by molar-refractivity contribution is 0.685. The predicted octanol–water partition coefficient (Wildman–Crippen LogP) is 3.17. The lowest BCUT2D eigenvalue weighted by Crippen LogP contribution is -2.02. The summed E-state index contributed by atoms with van der Waals surface area (Å²) in [5.74, 6) is 1.16. The molecule has 1 aromatic heterocycles. The van der Waals surface area contributed by atoms with Crippen LogP contribution in [-0.2, 0) is 13.0 Å². The molecular formula is C13H16N2. The Kier molecular flexibility index (Phi) is 2.86. The lowest BCUT2D eigenvalue weighted by Gasteiger charge is -2.05. The summed E-state index contributed by atoms with van der Waals surface area (Å²) in [6.07, 6.45) is 3.92. The number of benzene rings is 1. The first kappa shape index (κ1) is 9.97. The number of para-hydroxylation sites is 2. The molecule has 2 nitrogen and oxygen atoms in total. The van der Waals surface area contributed by atoms with Gasteiger partial charge in [0.1, 0.15) is 5.82 Å². The maximum absolute atomic E-state index is 4.61. The molecule has 0 bridgehead atoms. The van der Waals surface area contributed by atoms with E-state index in [-0.39, 0.29) is 0 Å². The molecule has 0 amide bonds. The first-order chi connectivity index (χ1) is 7.36. The van der Waals surface area contributed by atoms with Gasteiger partial charge in [0.15, 0.2) is 0 Å². The number of rotatable bonds is 4. The minimum absolute atomic E-state index is 0.978. The van der Waals surface area contributed by atoms with Crippen molar-refractivity contribution in [3.8, 4) is 0 Å². The Bertz CT molecular complexity index is 468. The Labute approximate surface area is 90.3 Å². The normalized spacial score (nSPS) is 10.7. The zero-order valence-electron chi connectivity index (χ0n) is 9.11. The van der Waals surface area contributed by atoms with Crippen LogP contribution >= 0.6 is 0 Å². The summed E-state index contributed by atoms with van der Waals surface area (Å²) in [5, 5.41) is 0. The molecule has 0 unspecified atom stereocenters. The Balaban J connectivity index is 2.51. The highest BCUT2D eigenvalue weighted by Gasteiger charge is 2.06. The average molecular weight is 200 g/mol. The first-order valence-corrected chi connectivity index (χ1v) is 5.42. The summed E-state index contributed by atoms with van der Waals surface area (Å²) >= 11 is 0. The smallest absolute Gasteiger partial charge is 0.109 e. The second kappa shape index (κ2) is 4.30. The molecule has 0 atom stereocenters. The van der Waals surface area contributed by atoms with Crippen LogP contribution in [0.25, 0.3) is 11.0 Å². The molecule has 2 rings (SSSR count). The third kappa shape index (κ3) is 1.80. The van der Waals surface area contributed by atoms with Gasteiger partial charge in [0.25, 0.3) is 0 Å². The van der Waals surface area contributed by atoms with Crippen LogP contribution < -0.4 is 0 Å². The van der Waals surface area contributed by atoms with Gasteiger partial charge in [0.05, 0.1) is 11.0 Å². The summed E-state index contributed by atoms with van der Waals surface area (Å²) in [5.41, 5.74) is 2.33. The molecule has 0 saturated heterocycles. The Hall–Kier alpha value is -1.57. The van der Waals surface area contributed by atoms with Gasteiger partial charge in [-0.05, 0) is 18.6 Å². The molecule has 0 aliphatic carbocycles. The molecule has 1 aromatic carbocycles. The SMILES string of the molecule is C=CCCn1c(CC)nc2ccccc21. The highest BCUT2D eigenvalue weighted by atomic mass is 15.1.